The maximum absolute atomic E-state index is 12.3. The summed E-state index contributed by atoms with van der Waals surface area (Å²) in [6.07, 6.45) is 1.97. The molecule has 0 aromatic carbocycles. The summed E-state index contributed by atoms with van der Waals surface area (Å²) in [5.41, 5.74) is -1.06. The number of carbonyl (C=O) groups excluding carboxylic acids is 2. The Hall–Kier alpha value is -1.46. The quantitative estimate of drug-likeness (QED) is 0.776. The topological polar surface area (TPSA) is 59.1 Å². The molecule has 0 heterocycles. The fraction of sp³-hybridized carbons (Fsp3) is 0.882. The van der Waals surface area contributed by atoms with Gasteiger partial charge in [0, 0.05) is 14.1 Å². The van der Waals surface area contributed by atoms with Crippen LogP contribution in [-0.4, -0.2) is 59.4 Å². The van der Waals surface area contributed by atoms with Gasteiger partial charge in [-0.15, -0.1) is 0 Å². The lowest BCUT2D eigenvalue weighted by molar-refractivity contribution is 0.00258. The standard InChI is InChI=1S/C17H32N2O4/c1-16(2,3)22-14(20)18(7)12-10-9-11-13(12)19(8)15(21)23-17(4,5)6/h12-13H,9-11H2,1-8H3/t12-,13-/m0/s1. The highest BCUT2D eigenvalue weighted by Gasteiger charge is 2.39. The van der Waals surface area contributed by atoms with E-state index in [4.69, 9.17) is 9.47 Å². The molecule has 0 aliphatic heterocycles. The van der Waals surface area contributed by atoms with Crippen molar-refractivity contribution >= 4 is 12.2 Å². The van der Waals surface area contributed by atoms with Crippen LogP contribution in [0.1, 0.15) is 60.8 Å². The zero-order valence-electron chi connectivity index (χ0n) is 15.8. The third kappa shape index (κ3) is 5.92. The van der Waals surface area contributed by atoms with Crippen LogP contribution >= 0.6 is 0 Å². The molecule has 0 radical (unpaired) electrons. The van der Waals surface area contributed by atoms with E-state index in [0.29, 0.717) is 0 Å². The first-order valence-corrected chi connectivity index (χ1v) is 8.23. The molecular formula is C17H32N2O4. The van der Waals surface area contributed by atoms with Gasteiger partial charge in [-0.2, -0.15) is 0 Å². The molecule has 2 atom stereocenters. The normalized spacial score (nSPS) is 21.7. The van der Waals surface area contributed by atoms with Crippen molar-refractivity contribution in [2.75, 3.05) is 14.1 Å². The Balaban J connectivity index is 2.76. The second-order valence-corrected chi connectivity index (χ2v) is 8.25. The third-order valence-electron chi connectivity index (χ3n) is 3.80. The Labute approximate surface area is 140 Å². The predicted octanol–water partition coefficient (Wildman–Crippen LogP) is 3.64. The smallest absolute Gasteiger partial charge is 0.410 e. The number of carbonyl (C=O) groups is 2. The third-order valence-corrected chi connectivity index (χ3v) is 3.80. The van der Waals surface area contributed by atoms with Crippen molar-refractivity contribution in [1.82, 2.24) is 9.80 Å². The number of likely N-dealkylation sites (N-methyl/N-ethyl adjacent to an activating group) is 2. The molecule has 2 amide bonds. The van der Waals surface area contributed by atoms with Crippen molar-refractivity contribution in [3.05, 3.63) is 0 Å². The molecule has 6 heteroatoms. The SMILES string of the molecule is CN(C(=O)OC(C)(C)C)[C@H]1CCC[C@@H]1N(C)C(=O)OC(C)(C)C. The van der Waals surface area contributed by atoms with Crippen LogP contribution < -0.4 is 0 Å². The zero-order valence-corrected chi connectivity index (χ0v) is 15.8. The van der Waals surface area contributed by atoms with E-state index in [9.17, 15) is 9.59 Å². The summed E-state index contributed by atoms with van der Waals surface area (Å²) < 4.78 is 10.9. The Morgan fingerprint density at radius 2 is 1.09 bits per heavy atom. The lowest BCUT2D eigenvalue weighted by Gasteiger charge is -2.36. The molecule has 0 aromatic rings. The number of hydrogen-bond donors (Lipinski definition) is 0. The van der Waals surface area contributed by atoms with E-state index in [1.165, 1.54) is 0 Å². The Morgan fingerprint density at radius 1 is 0.783 bits per heavy atom. The number of hydrogen-bond acceptors (Lipinski definition) is 4. The number of amides is 2. The monoisotopic (exact) mass is 328 g/mol. The molecule has 1 fully saturated rings. The second-order valence-electron chi connectivity index (χ2n) is 8.25. The first kappa shape index (κ1) is 19.6. The van der Waals surface area contributed by atoms with Crippen molar-refractivity contribution in [2.24, 2.45) is 0 Å². The Morgan fingerprint density at radius 3 is 1.35 bits per heavy atom. The largest absolute Gasteiger partial charge is 0.444 e. The van der Waals surface area contributed by atoms with Crippen LogP contribution in [0.4, 0.5) is 9.59 Å². The van der Waals surface area contributed by atoms with Gasteiger partial charge in [-0.1, -0.05) is 0 Å². The highest BCUT2D eigenvalue weighted by molar-refractivity contribution is 5.70. The average molecular weight is 328 g/mol. The van der Waals surface area contributed by atoms with Gasteiger partial charge in [0.15, 0.2) is 0 Å². The molecule has 1 aliphatic rings. The summed E-state index contributed by atoms with van der Waals surface area (Å²) in [6, 6.07) is -0.107. The summed E-state index contributed by atoms with van der Waals surface area (Å²) >= 11 is 0. The van der Waals surface area contributed by atoms with Crippen LogP contribution in [0.5, 0.6) is 0 Å². The number of rotatable bonds is 2. The summed E-state index contributed by atoms with van der Waals surface area (Å²) in [6.45, 7) is 11.1. The van der Waals surface area contributed by atoms with E-state index in [1.54, 1.807) is 23.9 Å². The van der Waals surface area contributed by atoms with E-state index in [0.717, 1.165) is 19.3 Å². The molecule has 0 aromatic heterocycles. The van der Waals surface area contributed by atoms with E-state index in [-0.39, 0.29) is 24.3 Å². The van der Waals surface area contributed by atoms with Gasteiger partial charge < -0.3 is 19.3 Å². The fourth-order valence-electron chi connectivity index (χ4n) is 2.76. The molecule has 0 saturated heterocycles. The molecule has 0 bridgehead atoms. The van der Waals surface area contributed by atoms with E-state index in [1.807, 2.05) is 41.5 Å². The van der Waals surface area contributed by atoms with Crippen molar-refractivity contribution in [3.8, 4) is 0 Å². The van der Waals surface area contributed by atoms with E-state index >= 15 is 0 Å². The van der Waals surface area contributed by atoms with Gasteiger partial charge in [0.2, 0.25) is 0 Å². The molecule has 0 unspecified atom stereocenters. The van der Waals surface area contributed by atoms with Crippen molar-refractivity contribution in [1.29, 1.82) is 0 Å². The summed E-state index contributed by atoms with van der Waals surface area (Å²) in [5.74, 6) is 0. The fourth-order valence-corrected chi connectivity index (χ4v) is 2.76. The molecule has 6 nitrogen and oxygen atoms in total. The van der Waals surface area contributed by atoms with Crippen LogP contribution in [0.3, 0.4) is 0 Å². The number of ether oxygens (including phenoxy) is 2. The van der Waals surface area contributed by atoms with Gasteiger partial charge >= 0.3 is 12.2 Å². The highest BCUT2D eigenvalue weighted by atomic mass is 16.6. The minimum Gasteiger partial charge on any atom is -0.444 e. The van der Waals surface area contributed by atoms with Crippen LogP contribution in [0.25, 0.3) is 0 Å². The minimum absolute atomic E-state index is 0.0534. The lowest BCUT2D eigenvalue weighted by Crippen LogP contribution is -2.51. The number of nitrogens with zero attached hydrogens (tertiary/aromatic N) is 2. The van der Waals surface area contributed by atoms with Gasteiger partial charge in [0.05, 0.1) is 12.1 Å². The van der Waals surface area contributed by atoms with Gasteiger partial charge in [-0.25, -0.2) is 9.59 Å². The van der Waals surface area contributed by atoms with Crippen LogP contribution in [0.15, 0.2) is 0 Å². The van der Waals surface area contributed by atoms with Gasteiger partial charge in [0.25, 0.3) is 0 Å². The average Bonchev–Trinajstić information content (AvgIpc) is 2.81. The van der Waals surface area contributed by atoms with Crippen molar-refractivity contribution in [3.63, 3.8) is 0 Å². The second kappa shape index (κ2) is 6.97. The molecule has 1 rings (SSSR count). The predicted molar refractivity (Wildman–Crippen MR) is 89.4 cm³/mol. The Kier molecular flexibility index (Phi) is 5.94. The molecule has 1 saturated carbocycles. The van der Waals surface area contributed by atoms with Crippen molar-refractivity contribution < 1.29 is 19.1 Å². The van der Waals surface area contributed by atoms with E-state index < -0.39 is 11.2 Å². The molecule has 1 aliphatic carbocycles. The van der Waals surface area contributed by atoms with Gasteiger partial charge in [-0.05, 0) is 60.8 Å². The van der Waals surface area contributed by atoms with Crippen LogP contribution in [-0.2, 0) is 9.47 Å². The summed E-state index contributed by atoms with van der Waals surface area (Å²) in [5, 5.41) is 0. The maximum atomic E-state index is 12.3. The highest BCUT2D eigenvalue weighted by Crippen LogP contribution is 2.29. The first-order chi connectivity index (χ1) is 10.3. The molecule has 134 valence electrons. The molecule has 0 N–H and O–H groups in total. The lowest BCUT2D eigenvalue weighted by atomic mass is 10.1. The minimum atomic E-state index is -0.531. The first-order valence-electron chi connectivity index (χ1n) is 8.23. The van der Waals surface area contributed by atoms with Crippen molar-refractivity contribution in [2.45, 2.75) is 84.1 Å². The maximum Gasteiger partial charge on any atom is 0.410 e. The molecule has 0 spiro atoms. The zero-order chi connectivity index (χ0) is 18.0. The summed E-state index contributed by atoms with van der Waals surface area (Å²) in [4.78, 5) is 27.8. The van der Waals surface area contributed by atoms with Gasteiger partial charge in [0.1, 0.15) is 11.2 Å². The summed E-state index contributed by atoms with van der Waals surface area (Å²) in [7, 11) is 3.47. The van der Waals surface area contributed by atoms with Gasteiger partial charge in [-0.3, -0.25) is 0 Å². The van der Waals surface area contributed by atoms with Crippen LogP contribution in [0, 0.1) is 0 Å². The van der Waals surface area contributed by atoms with Crippen LogP contribution in [0.2, 0.25) is 0 Å². The van der Waals surface area contributed by atoms with E-state index in [2.05, 4.69) is 0 Å². The molecular weight excluding hydrogens is 296 g/mol. The molecule has 23 heavy (non-hydrogen) atoms. The Bertz CT molecular complexity index is 397.